The van der Waals surface area contributed by atoms with Crippen molar-refractivity contribution in [2.75, 3.05) is 33.3 Å². The van der Waals surface area contributed by atoms with Crippen LogP contribution in [0, 0.1) is 5.82 Å². The van der Waals surface area contributed by atoms with Crippen molar-refractivity contribution < 1.29 is 23.4 Å². The predicted octanol–water partition coefficient (Wildman–Crippen LogP) is 3.98. The summed E-state index contributed by atoms with van der Waals surface area (Å²) < 4.78 is 29.9. The fourth-order valence-corrected chi connectivity index (χ4v) is 3.60. The number of nitrogens with zero attached hydrogens (tertiary/aromatic N) is 1. The average Bonchev–Trinajstić information content (AvgIpc) is 2.72. The van der Waals surface area contributed by atoms with E-state index in [4.69, 9.17) is 25.8 Å². The molecule has 28 heavy (non-hydrogen) atoms. The number of hydrogen-bond acceptors (Lipinski definition) is 4. The van der Waals surface area contributed by atoms with Crippen LogP contribution < -0.4 is 14.2 Å². The number of carbonyl (C=O) groups is 1. The molecule has 0 saturated heterocycles. The predicted molar refractivity (Wildman–Crippen MR) is 105 cm³/mol. The first kappa shape index (κ1) is 20.3. The number of fused-ring (bicyclic) bond motifs is 1. The van der Waals surface area contributed by atoms with Crippen molar-refractivity contribution in [3.05, 3.63) is 53.3 Å². The summed E-state index contributed by atoms with van der Waals surface area (Å²) in [6.07, 6.45) is 0.966. The number of methoxy groups -OCH3 is 2. The Morgan fingerprint density at radius 3 is 2.50 bits per heavy atom. The van der Waals surface area contributed by atoms with E-state index in [0.29, 0.717) is 30.2 Å². The number of carbonyl (C=O) groups excluding carboxylic acids is 1. The highest BCUT2D eigenvalue weighted by Crippen LogP contribution is 2.38. The van der Waals surface area contributed by atoms with Gasteiger partial charge in [-0.1, -0.05) is 0 Å². The molecule has 0 fully saturated rings. The van der Waals surface area contributed by atoms with Gasteiger partial charge in [0.1, 0.15) is 18.2 Å². The van der Waals surface area contributed by atoms with Crippen LogP contribution in [0.25, 0.3) is 0 Å². The summed E-state index contributed by atoms with van der Waals surface area (Å²) in [5.74, 6) is 1.70. The molecular formula is C21H23ClFNO4. The lowest BCUT2D eigenvalue weighted by Crippen LogP contribution is -2.42. The lowest BCUT2D eigenvalue weighted by atomic mass is 9.92. The summed E-state index contributed by atoms with van der Waals surface area (Å²) in [5.41, 5.74) is 2.04. The number of halogens is 2. The number of rotatable bonds is 7. The normalized spacial score (nSPS) is 15.7. The van der Waals surface area contributed by atoms with Crippen LogP contribution in [0.4, 0.5) is 4.39 Å². The molecule has 3 rings (SSSR count). The van der Waals surface area contributed by atoms with Crippen molar-refractivity contribution in [3.63, 3.8) is 0 Å². The third kappa shape index (κ3) is 4.33. The number of alkyl halides is 1. The van der Waals surface area contributed by atoms with Gasteiger partial charge in [0.2, 0.25) is 5.91 Å². The van der Waals surface area contributed by atoms with Crippen LogP contribution in [0.1, 0.15) is 23.6 Å². The number of ether oxygens (including phenoxy) is 3. The molecule has 0 bridgehead atoms. The molecule has 1 aliphatic rings. The van der Waals surface area contributed by atoms with Crippen LogP contribution >= 0.6 is 11.6 Å². The first-order valence-electron chi connectivity index (χ1n) is 9.06. The Hall–Kier alpha value is -2.47. The van der Waals surface area contributed by atoms with Gasteiger partial charge in [-0.2, -0.15) is 0 Å². The van der Waals surface area contributed by atoms with Crippen molar-refractivity contribution >= 4 is 17.5 Å². The van der Waals surface area contributed by atoms with Gasteiger partial charge in [-0.25, -0.2) is 4.39 Å². The Kier molecular flexibility index (Phi) is 6.62. The minimum Gasteiger partial charge on any atom is -0.493 e. The molecule has 0 saturated carbocycles. The SMILES string of the molecule is COc1cc2c(cc1OC)[C@@H](COc1ccc(F)cc1)N(C(=O)CCCl)CC2. The van der Waals surface area contributed by atoms with Crippen LogP contribution in [-0.4, -0.2) is 44.1 Å². The molecule has 1 atom stereocenters. The highest BCUT2D eigenvalue weighted by molar-refractivity contribution is 6.18. The van der Waals surface area contributed by atoms with Crippen LogP contribution in [0.2, 0.25) is 0 Å². The zero-order valence-electron chi connectivity index (χ0n) is 15.9. The highest BCUT2D eigenvalue weighted by Gasteiger charge is 2.32. The Bertz CT molecular complexity index is 828. The van der Waals surface area contributed by atoms with Crippen molar-refractivity contribution in [1.82, 2.24) is 4.90 Å². The van der Waals surface area contributed by atoms with Gasteiger partial charge in [-0.05, 0) is 53.9 Å². The third-order valence-electron chi connectivity index (χ3n) is 4.85. The maximum Gasteiger partial charge on any atom is 0.224 e. The fraction of sp³-hybridized carbons (Fsp3) is 0.381. The lowest BCUT2D eigenvalue weighted by Gasteiger charge is -2.37. The molecule has 1 amide bonds. The minimum atomic E-state index is -0.328. The van der Waals surface area contributed by atoms with E-state index in [-0.39, 0.29) is 36.7 Å². The van der Waals surface area contributed by atoms with E-state index in [9.17, 15) is 9.18 Å². The van der Waals surface area contributed by atoms with Gasteiger partial charge < -0.3 is 19.1 Å². The molecule has 0 unspecified atom stereocenters. The lowest BCUT2D eigenvalue weighted by molar-refractivity contribution is -0.134. The smallest absolute Gasteiger partial charge is 0.224 e. The molecule has 0 aromatic heterocycles. The van der Waals surface area contributed by atoms with Crippen molar-refractivity contribution in [3.8, 4) is 17.2 Å². The molecule has 2 aromatic carbocycles. The summed E-state index contributed by atoms with van der Waals surface area (Å²) in [5, 5.41) is 0. The molecular weight excluding hydrogens is 385 g/mol. The van der Waals surface area contributed by atoms with Crippen LogP contribution in [0.3, 0.4) is 0 Å². The summed E-state index contributed by atoms with van der Waals surface area (Å²) in [6.45, 7) is 0.803. The first-order chi connectivity index (χ1) is 13.6. The Morgan fingerprint density at radius 2 is 1.86 bits per heavy atom. The van der Waals surface area contributed by atoms with Crippen LogP contribution in [0.15, 0.2) is 36.4 Å². The second-order valence-electron chi connectivity index (χ2n) is 6.46. The quantitative estimate of drug-likeness (QED) is 0.651. The number of benzene rings is 2. The Morgan fingerprint density at radius 1 is 1.18 bits per heavy atom. The van der Waals surface area contributed by atoms with Gasteiger partial charge in [-0.15, -0.1) is 11.6 Å². The fourth-order valence-electron chi connectivity index (χ4n) is 3.44. The van der Waals surface area contributed by atoms with Crippen LogP contribution in [-0.2, 0) is 11.2 Å². The van der Waals surface area contributed by atoms with Gasteiger partial charge in [0.05, 0.1) is 20.3 Å². The van der Waals surface area contributed by atoms with E-state index in [1.807, 2.05) is 12.1 Å². The van der Waals surface area contributed by atoms with Gasteiger partial charge in [0, 0.05) is 18.8 Å². The molecule has 5 nitrogen and oxygen atoms in total. The molecule has 0 spiro atoms. The van der Waals surface area contributed by atoms with Gasteiger partial charge >= 0.3 is 0 Å². The molecule has 1 heterocycles. The zero-order chi connectivity index (χ0) is 20.1. The second kappa shape index (κ2) is 9.15. The Balaban J connectivity index is 1.92. The van der Waals surface area contributed by atoms with E-state index >= 15 is 0 Å². The summed E-state index contributed by atoms with van der Waals surface area (Å²) in [4.78, 5) is 14.4. The molecule has 0 aliphatic carbocycles. The van der Waals surface area contributed by atoms with Crippen LogP contribution in [0.5, 0.6) is 17.2 Å². The topological polar surface area (TPSA) is 48.0 Å². The summed E-state index contributed by atoms with van der Waals surface area (Å²) >= 11 is 5.79. The Labute approximate surface area is 168 Å². The maximum absolute atomic E-state index is 13.1. The van der Waals surface area contributed by atoms with E-state index in [0.717, 1.165) is 11.1 Å². The second-order valence-corrected chi connectivity index (χ2v) is 6.84. The highest BCUT2D eigenvalue weighted by atomic mass is 35.5. The largest absolute Gasteiger partial charge is 0.493 e. The number of amides is 1. The molecule has 1 aliphatic heterocycles. The monoisotopic (exact) mass is 407 g/mol. The zero-order valence-corrected chi connectivity index (χ0v) is 16.7. The van der Waals surface area contributed by atoms with E-state index in [1.165, 1.54) is 12.1 Å². The van der Waals surface area contributed by atoms with Crippen molar-refractivity contribution in [2.24, 2.45) is 0 Å². The first-order valence-corrected chi connectivity index (χ1v) is 9.59. The van der Waals surface area contributed by atoms with Gasteiger partial charge in [0.25, 0.3) is 0 Å². The standard InChI is InChI=1S/C21H23ClFNO4/c1-26-19-11-14-8-10-24(21(25)7-9-22)18(17(14)12-20(19)27-2)13-28-16-5-3-15(23)4-6-16/h3-6,11-12,18H,7-10,13H2,1-2H3/t18-/m1/s1. The van der Waals surface area contributed by atoms with Crippen molar-refractivity contribution in [1.29, 1.82) is 0 Å². The van der Waals surface area contributed by atoms with E-state index in [2.05, 4.69) is 0 Å². The maximum atomic E-state index is 13.1. The van der Waals surface area contributed by atoms with Gasteiger partial charge in [0.15, 0.2) is 11.5 Å². The minimum absolute atomic E-state index is 0.0249. The van der Waals surface area contributed by atoms with E-state index < -0.39 is 0 Å². The molecule has 0 N–H and O–H groups in total. The summed E-state index contributed by atoms with van der Waals surface area (Å²) in [7, 11) is 3.17. The third-order valence-corrected chi connectivity index (χ3v) is 5.04. The molecule has 2 aromatic rings. The average molecular weight is 408 g/mol. The molecule has 0 radical (unpaired) electrons. The van der Waals surface area contributed by atoms with Gasteiger partial charge in [-0.3, -0.25) is 4.79 Å². The summed E-state index contributed by atoms with van der Waals surface area (Å²) in [6, 6.07) is 9.36. The number of hydrogen-bond donors (Lipinski definition) is 0. The molecule has 7 heteroatoms. The van der Waals surface area contributed by atoms with Crippen molar-refractivity contribution in [2.45, 2.75) is 18.9 Å². The van der Waals surface area contributed by atoms with E-state index in [1.54, 1.807) is 31.3 Å². The molecule has 150 valence electrons.